The van der Waals surface area contributed by atoms with Crippen molar-refractivity contribution in [2.75, 3.05) is 0 Å². The molecule has 0 spiro atoms. The Labute approximate surface area is 348 Å². The van der Waals surface area contributed by atoms with Crippen molar-refractivity contribution in [3.05, 3.63) is 181 Å². The predicted octanol–water partition coefficient (Wildman–Crippen LogP) is 8.65. The number of halogens is 2. The molecule has 0 N–H and O–H groups in total. The van der Waals surface area contributed by atoms with E-state index in [2.05, 4.69) is 204 Å². The van der Waals surface area contributed by atoms with Gasteiger partial charge in [0.1, 0.15) is 0 Å². The molecule has 0 fully saturated rings. The van der Waals surface area contributed by atoms with Crippen LogP contribution in [0.2, 0.25) is 13.1 Å². The Morgan fingerprint density at radius 2 is 0.963 bits per heavy atom. The summed E-state index contributed by atoms with van der Waals surface area (Å²) in [6.07, 6.45) is 0. The van der Waals surface area contributed by atoms with Gasteiger partial charge in [0.25, 0.3) is 0 Å². The van der Waals surface area contributed by atoms with Crippen molar-refractivity contribution in [2.24, 2.45) is 0 Å². The van der Waals surface area contributed by atoms with Gasteiger partial charge >= 0.3 is 41.9 Å². The second kappa shape index (κ2) is 18.5. The minimum Gasteiger partial charge on any atom is -1.00 e. The SMILES string of the molecule is CC(C)c1cc2c(-c3ccccc3)cccc2[cH-]1.C[Si](C)=[Zr+2].Cc1cc2c(-c3cccc4ccccc34)cc(-c3cccc4ccccc34)cc2[cH-]1.[Cl-].[Cl-]. The molecule has 54 heavy (non-hydrogen) atoms. The van der Waals surface area contributed by atoms with Crippen molar-refractivity contribution in [1.82, 2.24) is 0 Å². The third kappa shape index (κ3) is 9.07. The number of benzene rings is 7. The second-order valence-electron chi connectivity index (χ2n) is 14.2. The van der Waals surface area contributed by atoms with Crippen LogP contribution in [-0.2, 0) is 23.3 Å². The topological polar surface area (TPSA) is 0 Å². The van der Waals surface area contributed by atoms with E-state index in [1.54, 1.807) is 23.3 Å². The Morgan fingerprint density at radius 1 is 0.463 bits per heavy atom. The summed E-state index contributed by atoms with van der Waals surface area (Å²) in [7, 11) is 0. The fourth-order valence-electron chi connectivity index (χ4n) is 7.25. The molecule has 4 heteroatoms. The van der Waals surface area contributed by atoms with E-state index < -0.39 is 0 Å². The summed E-state index contributed by atoms with van der Waals surface area (Å²) in [5.41, 5.74) is 10.7. The monoisotopic (exact) mass is 832 g/mol. The first-order chi connectivity index (χ1) is 25.3. The van der Waals surface area contributed by atoms with Crippen LogP contribution in [0.4, 0.5) is 0 Å². The molecular formula is C50H44Cl2SiZr-2. The molecule has 0 saturated heterocycles. The van der Waals surface area contributed by atoms with E-state index in [4.69, 9.17) is 0 Å². The molecule has 0 bridgehead atoms. The maximum absolute atomic E-state index is 2.38. The average Bonchev–Trinajstić information content (AvgIpc) is 3.78. The Kier molecular flexibility index (Phi) is 14.1. The third-order valence-corrected chi connectivity index (χ3v) is 9.67. The van der Waals surface area contributed by atoms with Gasteiger partial charge in [-0.3, -0.25) is 0 Å². The van der Waals surface area contributed by atoms with E-state index in [0.29, 0.717) is 5.92 Å². The van der Waals surface area contributed by atoms with Crippen LogP contribution in [0, 0.1) is 6.92 Å². The minimum atomic E-state index is 0. The van der Waals surface area contributed by atoms with E-state index >= 15 is 0 Å². The Balaban J connectivity index is 0.000000200. The van der Waals surface area contributed by atoms with Crippen molar-refractivity contribution in [1.29, 1.82) is 0 Å². The van der Waals surface area contributed by atoms with E-state index in [9.17, 15) is 0 Å². The van der Waals surface area contributed by atoms with Gasteiger partial charge in [-0.05, 0) is 44.2 Å². The van der Waals surface area contributed by atoms with Crippen LogP contribution in [-0.4, -0.2) is 5.43 Å². The quantitative estimate of drug-likeness (QED) is 0.123. The van der Waals surface area contributed by atoms with Gasteiger partial charge < -0.3 is 24.8 Å². The molecule has 0 aliphatic heterocycles. The van der Waals surface area contributed by atoms with Crippen LogP contribution in [0.1, 0.15) is 30.9 Å². The molecule has 268 valence electrons. The number of hydrogen-bond donors (Lipinski definition) is 0. The van der Waals surface area contributed by atoms with Crippen LogP contribution in [0.5, 0.6) is 0 Å². The van der Waals surface area contributed by atoms with Gasteiger partial charge in [-0.2, -0.15) is 12.1 Å². The van der Waals surface area contributed by atoms with Crippen LogP contribution in [0.25, 0.3) is 76.5 Å². The summed E-state index contributed by atoms with van der Waals surface area (Å²) in [4.78, 5) is 0. The fraction of sp³-hybridized carbons (Fsp3) is 0.120. The first-order valence-corrected chi connectivity index (χ1v) is 24.4. The van der Waals surface area contributed by atoms with Gasteiger partial charge in [0, 0.05) is 0 Å². The second-order valence-corrected chi connectivity index (χ2v) is 23.6. The molecule has 0 amide bonds. The summed E-state index contributed by atoms with van der Waals surface area (Å²) in [6, 6.07) is 61.7. The van der Waals surface area contributed by atoms with Gasteiger partial charge in [-0.15, -0.1) is 63.0 Å². The zero-order valence-electron chi connectivity index (χ0n) is 31.5. The van der Waals surface area contributed by atoms with Crippen LogP contribution < -0.4 is 24.8 Å². The first kappa shape index (κ1) is 41.1. The molecule has 0 unspecified atom stereocenters. The fourth-order valence-corrected chi connectivity index (χ4v) is 7.25. The standard InChI is InChI=1S/C30H21.C18H17.C2H6Si.2ClH.Zr/c1-20-16-23-18-24(27-14-6-10-21-8-2-4-12-25(21)27)19-30(29(23)17-20)28-15-7-11-22-9-3-5-13-26(22)28;1-13(2)16-11-15-9-6-10-17(18(15)12-16)14-7-4-3-5-8-14;1-3-2;;;/h2-19H,1H3;3-13H,1-2H3;1-2H3;2*1H;/q2*-1;;;;+2/p-2. The van der Waals surface area contributed by atoms with Gasteiger partial charge in [-0.1, -0.05) is 165 Å². The van der Waals surface area contributed by atoms with E-state index in [1.807, 2.05) is 0 Å². The normalized spacial score (nSPS) is 10.7. The molecule has 0 nitrogen and oxygen atoms in total. The van der Waals surface area contributed by atoms with Gasteiger partial charge in [0.15, 0.2) is 0 Å². The molecule has 0 aromatic heterocycles. The molecule has 0 atom stereocenters. The molecule has 0 saturated carbocycles. The first-order valence-electron chi connectivity index (χ1n) is 18.2. The van der Waals surface area contributed by atoms with E-state index in [-0.39, 0.29) is 30.2 Å². The summed E-state index contributed by atoms with van der Waals surface area (Å²) in [6.45, 7) is 11.3. The van der Waals surface area contributed by atoms with Crippen molar-refractivity contribution in [3.63, 3.8) is 0 Å². The largest absolute Gasteiger partial charge is 1.00 e. The molecule has 0 aliphatic carbocycles. The number of rotatable bonds is 4. The van der Waals surface area contributed by atoms with Crippen molar-refractivity contribution in [2.45, 2.75) is 39.8 Å². The van der Waals surface area contributed by atoms with E-state index in [1.165, 1.54) is 87.6 Å². The molecular weight excluding hydrogens is 791 g/mol. The summed E-state index contributed by atoms with van der Waals surface area (Å²) in [5.74, 6) is 0.584. The van der Waals surface area contributed by atoms with E-state index in [0.717, 1.165) is 0 Å². The Hall–Kier alpha value is -4.04. The maximum Gasteiger partial charge on any atom is -0.0114 e. The van der Waals surface area contributed by atoms with Crippen LogP contribution >= 0.6 is 0 Å². The van der Waals surface area contributed by atoms with Gasteiger partial charge in [0.05, 0.1) is 0 Å². The van der Waals surface area contributed by atoms with Gasteiger partial charge in [0.2, 0.25) is 0 Å². The average molecular weight is 835 g/mol. The maximum atomic E-state index is 2.38. The van der Waals surface area contributed by atoms with Crippen molar-refractivity contribution < 1.29 is 48.1 Å². The molecule has 9 rings (SSSR count). The Bertz CT molecular complexity index is 2650. The molecule has 9 aromatic rings. The zero-order chi connectivity index (χ0) is 36.2. The number of hydrogen-bond acceptors (Lipinski definition) is 0. The van der Waals surface area contributed by atoms with Crippen LogP contribution in [0.15, 0.2) is 170 Å². The summed E-state index contributed by atoms with van der Waals surface area (Å²) >= 11 is 1.74. The third-order valence-electron chi connectivity index (χ3n) is 9.67. The van der Waals surface area contributed by atoms with Crippen molar-refractivity contribution >= 4 is 48.5 Å². The zero-order valence-corrected chi connectivity index (χ0v) is 36.5. The van der Waals surface area contributed by atoms with Crippen molar-refractivity contribution in [3.8, 4) is 33.4 Å². The predicted molar refractivity (Wildman–Crippen MR) is 227 cm³/mol. The Morgan fingerprint density at radius 3 is 1.59 bits per heavy atom. The number of aryl methyl sites for hydroxylation is 1. The van der Waals surface area contributed by atoms with Gasteiger partial charge in [-0.25, -0.2) is 0 Å². The summed E-state index contributed by atoms with van der Waals surface area (Å²) in [5, 5.41) is 10.5. The van der Waals surface area contributed by atoms with Crippen LogP contribution in [0.3, 0.4) is 0 Å². The minimum absolute atomic E-state index is 0. The smallest absolute Gasteiger partial charge is 0.0114 e. The molecule has 0 aliphatic rings. The number of fused-ring (bicyclic) bond motifs is 4. The molecule has 0 heterocycles. The molecule has 9 aromatic carbocycles. The molecule has 0 radical (unpaired) electrons. The summed E-state index contributed by atoms with van der Waals surface area (Å²) < 4.78 is 0.